The maximum atomic E-state index is 4.25. The first-order valence-corrected chi connectivity index (χ1v) is 3.43. The molecule has 0 bridgehead atoms. The van der Waals surface area contributed by atoms with Crippen LogP contribution in [0.5, 0.6) is 0 Å². The zero-order valence-electron chi connectivity index (χ0n) is 5.91. The molecule has 1 aliphatic heterocycles. The summed E-state index contributed by atoms with van der Waals surface area (Å²) < 4.78 is 1.94. The first kappa shape index (κ1) is 5.65. The Balaban J connectivity index is 2.53. The molecule has 1 aliphatic rings. The Morgan fingerprint density at radius 1 is 1.60 bits per heavy atom. The zero-order chi connectivity index (χ0) is 6.97. The maximum absolute atomic E-state index is 4.25. The van der Waals surface area contributed by atoms with Gasteiger partial charge in [-0.2, -0.15) is 5.10 Å². The summed E-state index contributed by atoms with van der Waals surface area (Å²) >= 11 is 0. The van der Waals surface area contributed by atoms with Crippen LogP contribution in [0.3, 0.4) is 0 Å². The van der Waals surface area contributed by atoms with Gasteiger partial charge in [0.2, 0.25) is 0 Å². The fourth-order valence-electron chi connectivity index (χ4n) is 1.14. The van der Waals surface area contributed by atoms with Gasteiger partial charge in [-0.1, -0.05) is 0 Å². The van der Waals surface area contributed by atoms with Crippen LogP contribution in [0, 0.1) is 6.92 Å². The third kappa shape index (κ3) is 0.744. The van der Waals surface area contributed by atoms with Crippen molar-refractivity contribution in [3.63, 3.8) is 0 Å². The number of aliphatic imine (C=N–C) groups is 1. The van der Waals surface area contributed by atoms with Crippen LogP contribution in [0.15, 0.2) is 11.1 Å². The quantitative estimate of drug-likeness (QED) is 0.527. The fourth-order valence-corrected chi connectivity index (χ4v) is 1.14. The van der Waals surface area contributed by atoms with Gasteiger partial charge in [-0.15, -0.1) is 0 Å². The lowest BCUT2D eigenvalue weighted by Gasteiger charge is -2.04. The molecule has 0 radical (unpaired) electrons. The monoisotopic (exact) mass is 135 g/mol. The Labute approximate surface area is 59.4 Å². The molecule has 0 saturated carbocycles. The van der Waals surface area contributed by atoms with E-state index in [2.05, 4.69) is 10.1 Å². The number of hydrogen-bond donors (Lipinski definition) is 0. The lowest BCUT2D eigenvalue weighted by atomic mass is 10.4. The Bertz CT molecular complexity index is 272. The van der Waals surface area contributed by atoms with Gasteiger partial charge >= 0.3 is 0 Å². The molecular formula is C7H9N3. The lowest BCUT2D eigenvalue weighted by molar-refractivity contribution is 0.625. The van der Waals surface area contributed by atoms with Crippen LogP contribution in [0.2, 0.25) is 0 Å². The Morgan fingerprint density at radius 2 is 2.50 bits per heavy atom. The molecule has 0 atom stereocenters. The van der Waals surface area contributed by atoms with E-state index in [-0.39, 0.29) is 0 Å². The molecule has 2 heterocycles. The zero-order valence-corrected chi connectivity index (χ0v) is 5.91. The predicted octanol–water partition coefficient (Wildman–Crippen LogP) is 1.30. The first-order valence-electron chi connectivity index (χ1n) is 3.43. The number of nitrogens with zero attached hydrogens (tertiary/aromatic N) is 3. The van der Waals surface area contributed by atoms with Crippen molar-refractivity contribution in [2.24, 2.45) is 4.99 Å². The smallest absolute Gasteiger partial charge is 0.150 e. The largest absolute Gasteiger partial charge is 0.247 e. The van der Waals surface area contributed by atoms with Gasteiger partial charge in [0, 0.05) is 25.2 Å². The normalized spacial score (nSPS) is 15.3. The van der Waals surface area contributed by atoms with E-state index >= 15 is 0 Å². The lowest BCUT2D eigenvalue weighted by Crippen LogP contribution is -2.03. The van der Waals surface area contributed by atoms with Gasteiger partial charge < -0.3 is 0 Å². The number of rotatable bonds is 0. The minimum absolute atomic E-state index is 0.979. The average molecular weight is 135 g/mol. The number of aromatic nitrogens is 2. The second-order valence-corrected chi connectivity index (χ2v) is 2.47. The molecule has 1 aromatic heterocycles. The molecular weight excluding hydrogens is 126 g/mol. The summed E-state index contributed by atoms with van der Waals surface area (Å²) in [5.41, 5.74) is 1.05. The SMILES string of the molecule is Cc1cc2n(n1)CCC=N2. The third-order valence-electron chi connectivity index (χ3n) is 1.57. The average Bonchev–Trinajstić information content (AvgIpc) is 2.27. The van der Waals surface area contributed by atoms with E-state index in [0.29, 0.717) is 0 Å². The molecule has 0 amide bonds. The van der Waals surface area contributed by atoms with Gasteiger partial charge in [-0.25, -0.2) is 9.67 Å². The summed E-state index contributed by atoms with van der Waals surface area (Å²) in [7, 11) is 0. The van der Waals surface area contributed by atoms with E-state index in [1.54, 1.807) is 0 Å². The van der Waals surface area contributed by atoms with Gasteiger partial charge in [0.1, 0.15) is 5.82 Å². The summed E-state index contributed by atoms with van der Waals surface area (Å²) in [6.45, 7) is 2.97. The third-order valence-corrected chi connectivity index (χ3v) is 1.57. The van der Waals surface area contributed by atoms with E-state index in [1.807, 2.05) is 23.9 Å². The van der Waals surface area contributed by atoms with E-state index < -0.39 is 0 Å². The molecule has 1 aromatic rings. The summed E-state index contributed by atoms with van der Waals surface area (Å²) in [6, 6.07) is 2.00. The van der Waals surface area contributed by atoms with Crippen molar-refractivity contribution in [2.45, 2.75) is 19.9 Å². The van der Waals surface area contributed by atoms with E-state index in [0.717, 1.165) is 24.5 Å². The molecule has 0 aromatic carbocycles. The number of aryl methyl sites for hydroxylation is 2. The topological polar surface area (TPSA) is 30.2 Å². The number of fused-ring (bicyclic) bond motifs is 1. The van der Waals surface area contributed by atoms with E-state index in [9.17, 15) is 0 Å². The van der Waals surface area contributed by atoms with Crippen LogP contribution >= 0.6 is 0 Å². The van der Waals surface area contributed by atoms with Crippen molar-refractivity contribution < 1.29 is 0 Å². The van der Waals surface area contributed by atoms with Crippen molar-refractivity contribution in [3.8, 4) is 0 Å². The van der Waals surface area contributed by atoms with Crippen LogP contribution < -0.4 is 0 Å². The minimum atomic E-state index is 0.979. The molecule has 52 valence electrons. The van der Waals surface area contributed by atoms with E-state index in [1.165, 1.54) is 0 Å². The van der Waals surface area contributed by atoms with Gasteiger partial charge in [-0.05, 0) is 6.92 Å². The standard InChI is InChI=1S/C7H9N3/c1-6-5-7-8-3-2-4-10(7)9-6/h3,5H,2,4H2,1H3. The maximum Gasteiger partial charge on any atom is 0.150 e. The van der Waals surface area contributed by atoms with Crippen LogP contribution in [0.1, 0.15) is 12.1 Å². The second kappa shape index (κ2) is 1.94. The summed E-state index contributed by atoms with van der Waals surface area (Å²) in [4.78, 5) is 4.19. The fraction of sp³-hybridized carbons (Fsp3) is 0.429. The highest BCUT2D eigenvalue weighted by atomic mass is 15.3. The summed E-state index contributed by atoms with van der Waals surface area (Å²) in [5, 5.41) is 4.25. The summed E-state index contributed by atoms with van der Waals surface area (Å²) in [5.74, 6) is 0.990. The molecule has 3 nitrogen and oxygen atoms in total. The highest BCUT2D eigenvalue weighted by molar-refractivity contribution is 5.63. The predicted molar refractivity (Wildman–Crippen MR) is 39.7 cm³/mol. The van der Waals surface area contributed by atoms with E-state index in [4.69, 9.17) is 0 Å². The molecule has 0 N–H and O–H groups in total. The second-order valence-electron chi connectivity index (χ2n) is 2.47. The molecule has 10 heavy (non-hydrogen) atoms. The summed E-state index contributed by atoms with van der Waals surface area (Å²) in [6.07, 6.45) is 2.95. The number of hydrogen-bond acceptors (Lipinski definition) is 2. The highest BCUT2D eigenvalue weighted by Gasteiger charge is 2.05. The van der Waals surface area contributed by atoms with Crippen molar-refractivity contribution in [3.05, 3.63) is 11.8 Å². The van der Waals surface area contributed by atoms with Gasteiger partial charge in [0.25, 0.3) is 0 Å². The van der Waals surface area contributed by atoms with Crippen LogP contribution in [-0.4, -0.2) is 16.0 Å². The van der Waals surface area contributed by atoms with Crippen molar-refractivity contribution >= 4 is 12.0 Å². The molecule has 0 aliphatic carbocycles. The molecule has 0 spiro atoms. The van der Waals surface area contributed by atoms with Crippen LogP contribution in [0.25, 0.3) is 0 Å². The Morgan fingerprint density at radius 3 is 3.30 bits per heavy atom. The molecule has 3 heteroatoms. The van der Waals surface area contributed by atoms with Crippen LogP contribution in [-0.2, 0) is 6.54 Å². The van der Waals surface area contributed by atoms with Gasteiger partial charge in [-0.3, -0.25) is 0 Å². The Hall–Kier alpha value is -1.12. The minimum Gasteiger partial charge on any atom is -0.247 e. The van der Waals surface area contributed by atoms with Gasteiger partial charge in [0.15, 0.2) is 0 Å². The Kier molecular flexibility index (Phi) is 1.09. The highest BCUT2D eigenvalue weighted by Crippen LogP contribution is 2.16. The van der Waals surface area contributed by atoms with Crippen molar-refractivity contribution in [1.82, 2.24) is 9.78 Å². The van der Waals surface area contributed by atoms with Crippen molar-refractivity contribution in [1.29, 1.82) is 0 Å². The first-order chi connectivity index (χ1) is 4.86. The molecule has 0 unspecified atom stereocenters. The van der Waals surface area contributed by atoms with Crippen molar-refractivity contribution in [2.75, 3.05) is 0 Å². The molecule has 2 rings (SSSR count). The van der Waals surface area contributed by atoms with Crippen LogP contribution in [0.4, 0.5) is 5.82 Å². The molecule has 0 fully saturated rings. The molecule has 0 saturated heterocycles. The van der Waals surface area contributed by atoms with Gasteiger partial charge in [0.05, 0.1) is 5.69 Å².